The maximum Gasteiger partial charge on any atom is 0.234 e. The molecule has 1 N–H and O–H groups in total. The number of nitrogens with zero attached hydrogens (tertiary/aromatic N) is 1. The van der Waals surface area contributed by atoms with Gasteiger partial charge in [-0.1, -0.05) is 113 Å². The van der Waals surface area contributed by atoms with Gasteiger partial charge in [0, 0.05) is 23.7 Å². The minimum atomic E-state index is -0.0695. The van der Waals surface area contributed by atoms with Crippen LogP contribution in [0.2, 0.25) is 0 Å². The summed E-state index contributed by atoms with van der Waals surface area (Å²) in [7, 11) is 1.65. The van der Waals surface area contributed by atoms with Crippen molar-refractivity contribution in [1.29, 1.82) is 0 Å². The van der Waals surface area contributed by atoms with Gasteiger partial charge in [0.15, 0.2) is 24.2 Å². The van der Waals surface area contributed by atoms with Gasteiger partial charge in [-0.15, -0.1) is 0 Å². The normalized spacial score (nSPS) is 10.7. The Labute approximate surface area is 262 Å². The third-order valence-electron chi connectivity index (χ3n) is 7.32. The summed E-state index contributed by atoms with van der Waals surface area (Å²) >= 11 is 1.73. The molecule has 2 aromatic carbocycles. The predicted molar refractivity (Wildman–Crippen MR) is 167 cm³/mol. The lowest BCUT2D eigenvalue weighted by Crippen LogP contribution is -3.00. The molecule has 7 heteroatoms. The fourth-order valence-electron chi connectivity index (χ4n) is 5.00. The number of aryl methyl sites for hydroxylation is 1. The van der Waals surface area contributed by atoms with E-state index in [9.17, 15) is 4.79 Å². The average molecular weight is 646 g/mol. The zero-order valence-corrected chi connectivity index (χ0v) is 27.7. The van der Waals surface area contributed by atoms with Crippen LogP contribution in [0, 0.1) is 6.92 Å². The molecule has 0 fully saturated rings. The van der Waals surface area contributed by atoms with Crippen molar-refractivity contribution >= 4 is 22.9 Å². The molecule has 1 amide bonds. The molecular weight excluding hydrogens is 596 g/mol. The van der Waals surface area contributed by atoms with E-state index in [1.807, 2.05) is 36.4 Å². The summed E-state index contributed by atoms with van der Waals surface area (Å²) in [5.74, 6) is 1.29. The maximum atomic E-state index is 13.0. The fourth-order valence-corrected chi connectivity index (χ4v) is 5.67. The van der Waals surface area contributed by atoms with Crippen LogP contribution < -0.4 is 36.3 Å². The minimum Gasteiger partial charge on any atom is -1.00 e. The van der Waals surface area contributed by atoms with E-state index in [1.165, 1.54) is 75.6 Å². The van der Waals surface area contributed by atoms with Crippen LogP contribution in [0.3, 0.4) is 0 Å². The van der Waals surface area contributed by atoms with Gasteiger partial charge in [0.25, 0.3) is 0 Å². The average Bonchev–Trinajstić information content (AvgIpc) is 3.35. The summed E-state index contributed by atoms with van der Waals surface area (Å²) in [6.45, 7) is 5.80. The minimum absolute atomic E-state index is 0. The molecule has 5 nitrogen and oxygen atoms in total. The standard InChI is InChI=1S/C34H48N2O3S.BrH/c1-4-5-6-7-8-9-10-11-12-13-14-15-23-39-34-30(19-17-21-32(34)38-3)26-33(37)35-31-20-16-18-29(25-31)27-36-22-24-40-28(36)2;/h16-22,24-25H,4-15,23,26-27H2,1-3H3;1H. The van der Waals surface area contributed by atoms with Gasteiger partial charge in [0.1, 0.15) is 0 Å². The third-order valence-corrected chi connectivity index (χ3v) is 8.16. The van der Waals surface area contributed by atoms with E-state index in [-0.39, 0.29) is 29.3 Å². The number of anilines is 1. The molecule has 0 aliphatic rings. The number of methoxy groups -OCH3 is 1. The highest BCUT2D eigenvalue weighted by atomic mass is 79.9. The molecule has 0 atom stereocenters. The molecule has 3 rings (SSSR count). The van der Waals surface area contributed by atoms with Gasteiger partial charge in [0.05, 0.1) is 25.5 Å². The van der Waals surface area contributed by atoms with Crippen LogP contribution in [-0.4, -0.2) is 19.6 Å². The lowest BCUT2D eigenvalue weighted by molar-refractivity contribution is -0.689. The molecule has 0 spiro atoms. The molecule has 0 unspecified atom stereocenters. The number of thiazole rings is 1. The van der Waals surface area contributed by atoms with Crippen molar-refractivity contribution in [3.8, 4) is 11.5 Å². The Balaban J connectivity index is 0.00000588. The van der Waals surface area contributed by atoms with Gasteiger partial charge in [-0.2, -0.15) is 4.57 Å². The summed E-state index contributed by atoms with van der Waals surface area (Å²) in [5.41, 5.74) is 2.80. The van der Waals surface area contributed by atoms with Crippen LogP contribution in [0.15, 0.2) is 54.0 Å². The van der Waals surface area contributed by atoms with E-state index in [0.717, 1.165) is 29.8 Å². The number of nitrogens with one attached hydrogen (secondary N) is 1. The number of benzene rings is 2. The third kappa shape index (κ3) is 13.0. The Morgan fingerprint density at radius 1 is 0.902 bits per heavy atom. The van der Waals surface area contributed by atoms with Crippen molar-refractivity contribution in [3.63, 3.8) is 0 Å². The molecule has 1 aromatic heterocycles. The van der Waals surface area contributed by atoms with Gasteiger partial charge < -0.3 is 31.8 Å². The summed E-state index contributed by atoms with van der Waals surface area (Å²) in [5, 5.41) is 6.41. The van der Waals surface area contributed by atoms with Crippen molar-refractivity contribution < 1.29 is 35.8 Å². The van der Waals surface area contributed by atoms with Gasteiger partial charge in [-0.25, -0.2) is 0 Å². The van der Waals surface area contributed by atoms with E-state index in [2.05, 4.69) is 41.4 Å². The molecule has 226 valence electrons. The molecule has 0 saturated heterocycles. The van der Waals surface area contributed by atoms with Crippen molar-refractivity contribution in [3.05, 3.63) is 70.2 Å². The molecule has 0 saturated carbocycles. The highest BCUT2D eigenvalue weighted by Gasteiger charge is 2.15. The van der Waals surface area contributed by atoms with Crippen molar-refractivity contribution in [2.45, 2.75) is 104 Å². The van der Waals surface area contributed by atoms with Crippen molar-refractivity contribution in [2.75, 3.05) is 19.0 Å². The maximum absolute atomic E-state index is 13.0. The first-order chi connectivity index (χ1) is 19.6. The summed E-state index contributed by atoms with van der Waals surface area (Å²) in [6, 6.07) is 13.8. The lowest BCUT2D eigenvalue weighted by Gasteiger charge is -2.15. The molecule has 0 aliphatic carbocycles. The Kier molecular flexibility index (Phi) is 17.4. The van der Waals surface area contributed by atoms with Crippen LogP contribution in [0.5, 0.6) is 11.5 Å². The number of hydrogen-bond acceptors (Lipinski definition) is 4. The first-order valence-electron chi connectivity index (χ1n) is 15.2. The van der Waals surface area contributed by atoms with E-state index >= 15 is 0 Å². The largest absolute Gasteiger partial charge is 1.00 e. The van der Waals surface area contributed by atoms with Crippen LogP contribution >= 0.6 is 11.3 Å². The molecule has 3 aromatic rings. The predicted octanol–water partition coefficient (Wildman–Crippen LogP) is 5.67. The molecule has 41 heavy (non-hydrogen) atoms. The number of aromatic nitrogens is 1. The van der Waals surface area contributed by atoms with Crippen molar-refractivity contribution in [1.82, 2.24) is 0 Å². The van der Waals surface area contributed by atoms with Gasteiger partial charge in [0.2, 0.25) is 10.9 Å². The number of amides is 1. The van der Waals surface area contributed by atoms with Crippen LogP contribution in [0.25, 0.3) is 0 Å². The van der Waals surface area contributed by atoms with E-state index in [1.54, 1.807) is 18.4 Å². The Morgan fingerprint density at radius 3 is 2.20 bits per heavy atom. The van der Waals surface area contributed by atoms with Gasteiger partial charge in [-0.05, 0) is 24.6 Å². The topological polar surface area (TPSA) is 51.4 Å². The molecule has 1 heterocycles. The zero-order valence-electron chi connectivity index (χ0n) is 25.3. The Hall–Kier alpha value is -2.38. The summed E-state index contributed by atoms with van der Waals surface area (Å²) in [6.07, 6.45) is 18.1. The number of unbranched alkanes of at least 4 members (excludes halogenated alkanes) is 11. The van der Waals surface area contributed by atoms with Crippen LogP contribution in [-0.2, 0) is 17.8 Å². The second kappa shape index (κ2) is 20.5. The fraction of sp³-hybridized carbons (Fsp3) is 0.529. The summed E-state index contributed by atoms with van der Waals surface area (Å²) in [4.78, 5) is 13.0. The van der Waals surface area contributed by atoms with Crippen LogP contribution in [0.4, 0.5) is 5.69 Å². The van der Waals surface area contributed by atoms with E-state index in [0.29, 0.717) is 18.1 Å². The highest BCUT2D eigenvalue weighted by molar-refractivity contribution is 7.09. The van der Waals surface area contributed by atoms with E-state index in [4.69, 9.17) is 9.47 Å². The number of hydrogen-bond donors (Lipinski definition) is 1. The quantitative estimate of drug-likeness (QED) is 0.127. The first kappa shape index (κ1) is 34.8. The lowest BCUT2D eigenvalue weighted by atomic mass is 10.1. The number of halogens is 1. The van der Waals surface area contributed by atoms with Gasteiger partial charge in [-0.3, -0.25) is 4.79 Å². The summed E-state index contributed by atoms with van der Waals surface area (Å²) < 4.78 is 14.0. The first-order valence-corrected chi connectivity index (χ1v) is 16.1. The molecule has 0 aliphatic heterocycles. The van der Waals surface area contributed by atoms with Crippen LogP contribution in [0.1, 0.15) is 100 Å². The van der Waals surface area contributed by atoms with E-state index < -0.39 is 0 Å². The number of carbonyl (C=O) groups is 1. The highest BCUT2D eigenvalue weighted by Crippen LogP contribution is 2.32. The monoisotopic (exact) mass is 644 g/mol. The number of ether oxygens (including phenoxy) is 2. The number of rotatable bonds is 20. The Bertz CT molecular complexity index is 1150. The number of carbonyl (C=O) groups excluding carboxylic acids is 1. The smallest absolute Gasteiger partial charge is 0.234 e. The SMILES string of the molecule is CCCCCCCCCCCCCCOc1c(CC(=O)Nc2cccc(C[n+]3ccsc3C)c2)cccc1OC.[Br-]. The second-order valence-electron chi connectivity index (χ2n) is 10.7. The molecule has 0 radical (unpaired) electrons. The van der Waals surface area contributed by atoms with Gasteiger partial charge >= 0.3 is 0 Å². The molecule has 0 bridgehead atoms. The van der Waals surface area contributed by atoms with Crippen molar-refractivity contribution in [2.24, 2.45) is 0 Å². The molecular formula is C34H49BrN2O3S. The zero-order chi connectivity index (χ0) is 28.4. The number of para-hydroxylation sites is 1. The second-order valence-corrected chi connectivity index (χ2v) is 11.8. The Morgan fingerprint density at radius 2 is 1.56 bits per heavy atom.